The molecule has 2 rings (SSSR count). The molecule has 1 aliphatic rings. The van der Waals surface area contributed by atoms with Gasteiger partial charge < -0.3 is 15.3 Å². The first kappa shape index (κ1) is 15.1. The van der Waals surface area contributed by atoms with Gasteiger partial charge in [-0.05, 0) is 24.1 Å². The molecule has 1 aromatic rings. The van der Waals surface area contributed by atoms with Crippen LogP contribution in [0.1, 0.15) is 6.92 Å². The predicted octanol–water partition coefficient (Wildman–Crippen LogP) is 3.29. The van der Waals surface area contributed by atoms with Crippen LogP contribution in [0.25, 0.3) is 0 Å². The second kappa shape index (κ2) is 6.01. The molecule has 0 aliphatic carbocycles. The SMILES string of the molecule is CC1CN(C(=O)Nc2cc(Br)ccc2Cl)CC1C(=O)O. The zero-order valence-electron chi connectivity index (χ0n) is 10.8. The first-order valence-electron chi connectivity index (χ1n) is 6.12. The zero-order valence-corrected chi connectivity index (χ0v) is 13.1. The number of carbonyl (C=O) groups is 2. The van der Waals surface area contributed by atoms with Crippen LogP contribution in [-0.2, 0) is 4.79 Å². The van der Waals surface area contributed by atoms with Crippen LogP contribution in [0.3, 0.4) is 0 Å². The average Bonchev–Trinajstić information content (AvgIpc) is 2.76. The molecule has 5 nitrogen and oxygen atoms in total. The molecule has 108 valence electrons. The Kier molecular flexibility index (Phi) is 4.55. The zero-order chi connectivity index (χ0) is 14.9. The van der Waals surface area contributed by atoms with Crippen molar-refractivity contribution in [2.24, 2.45) is 11.8 Å². The molecule has 2 unspecified atom stereocenters. The molecule has 7 heteroatoms. The lowest BCUT2D eigenvalue weighted by Gasteiger charge is -2.17. The van der Waals surface area contributed by atoms with Crippen molar-refractivity contribution in [2.75, 3.05) is 18.4 Å². The molecular formula is C13H14BrClN2O3. The number of amides is 2. The third kappa shape index (κ3) is 3.24. The Balaban J connectivity index is 2.06. The van der Waals surface area contributed by atoms with Crippen molar-refractivity contribution in [3.05, 3.63) is 27.7 Å². The largest absolute Gasteiger partial charge is 0.481 e. The highest BCUT2D eigenvalue weighted by Crippen LogP contribution is 2.28. The van der Waals surface area contributed by atoms with E-state index >= 15 is 0 Å². The number of carboxylic acids is 1. The van der Waals surface area contributed by atoms with Crippen LogP contribution in [0.4, 0.5) is 10.5 Å². The first-order chi connectivity index (χ1) is 9.38. The van der Waals surface area contributed by atoms with Gasteiger partial charge in [0, 0.05) is 17.6 Å². The first-order valence-corrected chi connectivity index (χ1v) is 7.29. The molecule has 0 aromatic heterocycles. The number of anilines is 1. The number of urea groups is 1. The van der Waals surface area contributed by atoms with Gasteiger partial charge in [-0.3, -0.25) is 4.79 Å². The highest BCUT2D eigenvalue weighted by Gasteiger charge is 2.37. The van der Waals surface area contributed by atoms with Crippen molar-refractivity contribution in [3.8, 4) is 0 Å². The van der Waals surface area contributed by atoms with Crippen LogP contribution in [0.15, 0.2) is 22.7 Å². The molecule has 0 saturated carbocycles. The number of aliphatic carboxylic acids is 1. The fraction of sp³-hybridized carbons (Fsp3) is 0.385. The standard InChI is InChI=1S/C13H14BrClN2O3/c1-7-5-17(6-9(7)12(18)19)13(20)16-11-4-8(14)2-3-10(11)15/h2-4,7,9H,5-6H2,1H3,(H,16,20)(H,18,19). The lowest BCUT2D eigenvalue weighted by molar-refractivity contribution is -0.142. The van der Waals surface area contributed by atoms with Crippen LogP contribution in [0.5, 0.6) is 0 Å². The van der Waals surface area contributed by atoms with Crippen molar-refractivity contribution in [3.63, 3.8) is 0 Å². The molecule has 0 radical (unpaired) electrons. The minimum absolute atomic E-state index is 0.0590. The summed E-state index contributed by atoms with van der Waals surface area (Å²) < 4.78 is 0.801. The molecule has 1 heterocycles. The number of hydrogen-bond acceptors (Lipinski definition) is 2. The Hall–Kier alpha value is -1.27. The summed E-state index contributed by atoms with van der Waals surface area (Å²) in [5, 5.41) is 12.2. The van der Waals surface area contributed by atoms with E-state index in [1.807, 2.05) is 6.92 Å². The molecule has 2 amide bonds. The quantitative estimate of drug-likeness (QED) is 0.849. The van der Waals surface area contributed by atoms with Crippen molar-refractivity contribution < 1.29 is 14.7 Å². The second-order valence-corrected chi connectivity index (χ2v) is 6.20. The van der Waals surface area contributed by atoms with Gasteiger partial charge in [-0.25, -0.2) is 4.79 Å². The topological polar surface area (TPSA) is 69.6 Å². The van der Waals surface area contributed by atoms with Crippen LogP contribution in [0.2, 0.25) is 5.02 Å². The predicted molar refractivity (Wildman–Crippen MR) is 80.0 cm³/mol. The molecule has 20 heavy (non-hydrogen) atoms. The summed E-state index contributed by atoms with van der Waals surface area (Å²) in [6, 6.07) is 4.82. The van der Waals surface area contributed by atoms with Crippen molar-refractivity contribution in [1.82, 2.24) is 4.90 Å². The highest BCUT2D eigenvalue weighted by atomic mass is 79.9. The monoisotopic (exact) mass is 360 g/mol. The van der Waals surface area contributed by atoms with E-state index < -0.39 is 11.9 Å². The Morgan fingerprint density at radius 3 is 2.75 bits per heavy atom. The molecule has 0 bridgehead atoms. The van der Waals surface area contributed by atoms with Crippen molar-refractivity contribution in [2.45, 2.75) is 6.92 Å². The minimum atomic E-state index is -0.867. The Labute approximate surface area is 130 Å². The molecule has 1 fully saturated rings. The minimum Gasteiger partial charge on any atom is -0.481 e. The summed E-state index contributed by atoms with van der Waals surface area (Å²) in [4.78, 5) is 24.7. The van der Waals surface area contributed by atoms with Gasteiger partial charge in [0.05, 0.1) is 16.6 Å². The Morgan fingerprint density at radius 2 is 2.15 bits per heavy atom. The summed E-state index contributed by atoms with van der Waals surface area (Å²) >= 11 is 9.31. The number of nitrogens with zero attached hydrogens (tertiary/aromatic N) is 1. The summed E-state index contributed by atoms with van der Waals surface area (Å²) in [6.07, 6.45) is 0. The third-order valence-electron chi connectivity index (χ3n) is 3.39. The van der Waals surface area contributed by atoms with E-state index in [9.17, 15) is 9.59 Å². The molecular weight excluding hydrogens is 348 g/mol. The summed E-state index contributed by atoms with van der Waals surface area (Å²) in [7, 11) is 0. The van der Waals surface area contributed by atoms with E-state index in [2.05, 4.69) is 21.2 Å². The number of carbonyl (C=O) groups excluding carboxylic acids is 1. The lowest BCUT2D eigenvalue weighted by Crippen LogP contribution is -2.33. The molecule has 1 aliphatic heterocycles. The summed E-state index contributed by atoms with van der Waals surface area (Å²) in [5.41, 5.74) is 0.498. The van der Waals surface area contributed by atoms with E-state index in [1.54, 1.807) is 18.2 Å². The smallest absolute Gasteiger partial charge is 0.321 e. The van der Waals surface area contributed by atoms with Crippen molar-refractivity contribution >= 4 is 45.2 Å². The van der Waals surface area contributed by atoms with E-state index in [1.165, 1.54) is 4.90 Å². The van der Waals surface area contributed by atoms with E-state index in [0.29, 0.717) is 17.3 Å². The average molecular weight is 362 g/mol. The number of carboxylic acid groups (broad SMARTS) is 1. The molecule has 0 spiro atoms. The number of likely N-dealkylation sites (tertiary alicyclic amines) is 1. The van der Waals surface area contributed by atoms with Gasteiger partial charge in [0.1, 0.15) is 0 Å². The summed E-state index contributed by atoms with van der Waals surface area (Å²) in [6.45, 7) is 2.47. The van der Waals surface area contributed by atoms with E-state index in [4.69, 9.17) is 16.7 Å². The maximum Gasteiger partial charge on any atom is 0.321 e. The summed E-state index contributed by atoms with van der Waals surface area (Å²) in [5.74, 6) is -1.44. The van der Waals surface area contributed by atoms with Crippen LogP contribution in [-0.4, -0.2) is 35.1 Å². The number of hydrogen-bond donors (Lipinski definition) is 2. The number of nitrogens with one attached hydrogen (secondary N) is 1. The van der Waals surface area contributed by atoms with Gasteiger partial charge in [-0.1, -0.05) is 34.5 Å². The second-order valence-electron chi connectivity index (χ2n) is 4.88. The number of rotatable bonds is 2. The van der Waals surface area contributed by atoms with Crippen LogP contribution < -0.4 is 5.32 Å². The van der Waals surface area contributed by atoms with Crippen LogP contribution in [0, 0.1) is 11.8 Å². The third-order valence-corrected chi connectivity index (χ3v) is 4.21. The van der Waals surface area contributed by atoms with Gasteiger partial charge in [0.15, 0.2) is 0 Å². The molecule has 1 saturated heterocycles. The molecule has 2 atom stereocenters. The molecule has 2 N–H and O–H groups in total. The number of halogens is 2. The fourth-order valence-corrected chi connectivity index (χ4v) is 2.77. The normalized spacial score (nSPS) is 21.9. The highest BCUT2D eigenvalue weighted by molar-refractivity contribution is 9.10. The van der Waals surface area contributed by atoms with Gasteiger partial charge in [0.25, 0.3) is 0 Å². The fourth-order valence-electron chi connectivity index (χ4n) is 2.24. The Bertz CT molecular complexity index is 552. The number of benzene rings is 1. The van der Waals surface area contributed by atoms with Gasteiger partial charge in [0.2, 0.25) is 0 Å². The lowest BCUT2D eigenvalue weighted by atomic mass is 9.99. The Morgan fingerprint density at radius 1 is 1.45 bits per heavy atom. The maximum absolute atomic E-state index is 12.1. The van der Waals surface area contributed by atoms with Gasteiger partial charge in [-0.2, -0.15) is 0 Å². The maximum atomic E-state index is 12.1. The van der Waals surface area contributed by atoms with Crippen molar-refractivity contribution in [1.29, 1.82) is 0 Å². The van der Waals surface area contributed by atoms with Gasteiger partial charge >= 0.3 is 12.0 Å². The van der Waals surface area contributed by atoms with E-state index in [-0.39, 0.29) is 18.5 Å². The molecule has 1 aromatic carbocycles. The van der Waals surface area contributed by atoms with Crippen LogP contribution >= 0.6 is 27.5 Å². The van der Waals surface area contributed by atoms with E-state index in [0.717, 1.165) is 4.47 Å². The van der Waals surface area contributed by atoms with Gasteiger partial charge in [-0.15, -0.1) is 0 Å².